The number of ether oxygens (including phenoxy) is 1. The average molecular weight is 251 g/mol. The van der Waals surface area contributed by atoms with E-state index in [1.54, 1.807) is 43.5 Å². The van der Waals surface area contributed by atoms with Gasteiger partial charge in [0, 0.05) is 5.56 Å². The summed E-state index contributed by atoms with van der Waals surface area (Å²) in [4.78, 5) is 12.3. The van der Waals surface area contributed by atoms with Gasteiger partial charge < -0.3 is 4.74 Å². The summed E-state index contributed by atoms with van der Waals surface area (Å²) < 4.78 is 5.04. The number of hydrogen-bond donors (Lipinski definition) is 0. The second kappa shape index (κ2) is 5.83. The minimum absolute atomic E-state index is 0.198. The Hall–Kier alpha value is -2.60. The molecule has 0 saturated carbocycles. The summed E-state index contributed by atoms with van der Waals surface area (Å²) in [7, 11) is 1.57. The fourth-order valence-electron chi connectivity index (χ4n) is 1.85. The third-order valence-electron chi connectivity index (χ3n) is 2.90. The highest BCUT2D eigenvalue weighted by atomic mass is 16.5. The van der Waals surface area contributed by atoms with Crippen molar-refractivity contribution in [1.29, 1.82) is 5.26 Å². The zero-order valence-electron chi connectivity index (χ0n) is 10.5. The molecule has 0 aliphatic rings. The minimum atomic E-state index is -0.769. The Labute approximate surface area is 112 Å². The van der Waals surface area contributed by atoms with Crippen molar-refractivity contribution < 1.29 is 9.53 Å². The lowest BCUT2D eigenvalue weighted by Gasteiger charge is -2.09. The van der Waals surface area contributed by atoms with Crippen molar-refractivity contribution in [1.82, 2.24) is 0 Å². The molecule has 0 aliphatic carbocycles. The Morgan fingerprint density at radius 3 is 2.26 bits per heavy atom. The maximum atomic E-state index is 12.3. The van der Waals surface area contributed by atoms with Crippen LogP contribution in [0.3, 0.4) is 0 Å². The number of Topliss-reactive ketones (excluding diaryl/α,β-unsaturated/α-hetero) is 1. The molecule has 0 aromatic heterocycles. The van der Waals surface area contributed by atoms with E-state index in [0.29, 0.717) is 16.9 Å². The zero-order valence-corrected chi connectivity index (χ0v) is 10.5. The highest BCUT2D eigenvalue weighted by Crippen LogP contribution is 2.21. The highest BCUT2D eigenvalue weighted by molar-refractivity contribution is 6.02. The van der Waals surface area contributed by atoms with Crippen molar-refractivity contribution in [2.45, 2.75) is 5.92 Å². The first kappa shape index (κ1) is 12.8. The van der Waals surface area contributed by atoms with Gasteiger partial charge in [0.15, 0.2) is 5.78 Å². The van der Waals surface area contributed by atoms with Crippen LogP contribution in [0.2, 0.25) is 0 Å². The van der Waals surface area contributed by atoms with Gasteiger partial charge in [0.25, 0.3) is 0 Å². The van der Waals surface area contributed by atoms with E-state index in [4.69, 9.17) is 4.74 Å². The molecule has 0 bridgehead atoms. The van der Waals surface area contributed by atoms with Crippen LogP contribution in [-0.4, -0.2) is 12.9 Å². The number of carbonyl (C=O) groups is 1. The first-order valence-corrected chi connectivity index (χ1v) is 5.89. The molecular weight excluding hydrogens is 238 g/mol. The lowest BCUT2D eigenvalue weighted by Crippen LogP contribution is -2.11. The number of nitrogens with zero attached hydrogens (tertiary/aromatic N) is 1. The molecule has 0 N–H and O–H groups in total. The van der Waals surface area contributed by atoms with E-state index < -0.39 is 5.92 Å². The van der Waals surface area contributed by atoms with Gasteiger partial charge in [-0.05, 0) is 29.8 Å². The molecule has 0 heterocycles. The van der Waals surface area contributed by atoms with Gasteiger partial charge in [-0.1, -0.05) is 30.3 Å². The quantitative estimate of drug-likeness (QED) is 0.784. The summed E-state index contributed by atoms with van der Waals surface area (Å²) in [6, 6.07) is 17.9. The van der Waals surface area contributed by atoms with Gasteiger partial charge in [-0.2, -0.15) is 5.26 Å². The highest BCUT2D eigenvalue weighted by Gasteiger charge is 2.21. The van der Waals surface area contributed by atoms with Crippen molar-refractivity contribution >= 4 is 5.78 Å². The van der Waals surface area contributed by atoms with Crippen molar-refractivity contribution in [2.75, 3.05) is 7.11 Å². The number of benzene rings is 2. The van der Waals surface area contributed by atoms with Crippen molar-refractivity contribution in [3.05, 3.63) is 65.7 Å². The maximum absolute atomic E-state index is 12.3. The van der Waals surface area contributed by atoms with E-state index in [0.717, 1.165) is 0 Å². The number of nitriles is 1. The third kappa shape index (κ3) is 2.80. The fourth-order valence-corrected chi connectivity index (χ4v) is 1.85. The second-order valence-electron chi connectivity index (χ2n) is 4.07. The molecule has 0 fully saturated rings. The van der Waals surface area contributed by atoms with Crippen LogP contribution in [-0.2, 0) is 0 Å². The largest absolute Gasteiger partial charge is 0.497 e. The van der Waals surface area contributed by atoms with Gasteiger partial charge in [-0.3, -0.25) is 4.79 Å². The number of carbonyl (C=O) groups excluding carboxylic acids is 1. The van der Waals surface area contributed by atoms with E-state index in [2.05, 4.69) is 6.07 Å². The maximum Gasteiger partial charge on any atom is 0.184 e. The smallest absolute Gasteiger partial charge is 0.184 e. The predicted molar refractivity (Wildman–Crippen MR) is 72.1 cm³/mol. The normalized spacial score (nSPS) is 11.4. The first-order valence-electron chi connectivity index (χ1n) is 5.89. The van der Waals surface area contributed by atoms with Crippen LogP contribution in [0.25, 0.3) is 0 Å². The summed E-state index contributed by atoms with van der Waals surface area (Å²) in [5.74, 6) is -0.282. The average Bonchev–Trinajstić information content (AvgIpc) is 2.49. The van der Waals surface area contributed by atoms with Gasteiger partial charge in [-0.25, -0.2) is 0 Å². The van der Waals surface area contributed by atoms with Crippen molar-refractivity contribution in [2.24, 2.45) is 0 Å². The van der Waals surface area contributed by atoms with Crippen LogP contribution < -0.4 is 4.74 Å². The van der Waals surface area contributed by atoms with Gasteiger partial charge in [0.2, 0.25) is 0 Å². The number of hydrogen-bond acceptors (Lipinski definition) is 3. The topological polar surface area (TPSA) is 50.1 Å². The summed E-state index contributed by atoms with van der Waals surface area (Å²) in [5, 5.41) is 9.22. The standard InChI is InChI=1S/C16H13NO2/c1-19-14-9-7-13(8-10-14)16(18)15(11-17)12-5-3-2-4-6-12/h2-10,15H,1H3/t15-/m1/s1. The monoisotopic (exact) mass is 251 g/mol. The molecule has 0 amide bonds. The molecule has 0 spiro atoms. The van der Waals surface area contributed by atoms with Crippen LogP contribution in [0.1, 0.15) is 21.8 Å². The zero-order chi connectivity index (χ0) is 13.7. The van der Waals surface area contributed by atoms with Gasteiger partial charge >= 0.3 is 0 Å². The van der Waals surface area contributed by atoms with E-state index in [-0.39, 0.29) is 5.78 Å². The molecule has 1 atom stereocenters. The van der Waals surface area contributed by atoms with Gasteiger partial charge in [-0.15, -0.1) is 0 Å². The number of methoxy groups -OCH3 is 1. The Morgan fingerprint density at radius 1 is 1.11 bits per heavy atom. The molecule has 94 valence electrons. The molecular formula is C16H13NO2. The molecule has 0 unspecified atom stereocenters. The lowest BCUT2D eigenvalue weighted by molar-refractivity contribution is 0.0979. The molecule has 3 nitrogen and oxygen atoms in total. The van der Waals surface area contributed by atoms with E-state index in [9.17, 15) is 10.1 Å². The summed E-state index contributed by atoms with van der Waals surface area (Å²) >= 11 is 0. The third-order valence-corrected chi connectivity index (χ3v) is 2.90. The molecule has 3 heteroatoms. The lowest BCUT2D eigenvalue weighted by atomic mass is 9.92. The summed E-state index contributed by atoms with van der Waals surface area (Å²) in [6.07, 6.45) is 0. The molecule has 2 aromatic carbocycles. The predicted octanol–water partition coefficient (Wildman–Crippen LogP) is 3.19. The summed E-state index contributed by atoms with van der Waals surface area (Å²) in [6.45, 7) is 0. The SMILES string of the molecule is COc1ccc(C(=O)[C@H](C#N)c2ccccc2)cc1. The second-order valence-corrected chi connectivity index (χ2v) is 4.07. The Kier molecular flexibility index (Phi) is 3.94. The summed E-state index contributed by atoms with van der Waals surface area (Å²) in [5.41, 5.74) is 1.22. The van der Waals surface area contributed by atoms with Gasteiger partial charge in [0.1, 0.15) is 11.7 Å². The number of rotatable bonds is 4. The first-order chi connectivity index (χ1) is 9.26. The van der Waals surface area contributed by atoms with E-state index in [1.165, 1.54) is 0 Å². The van der Waals surface area contributed by atoms with Crippen molar-refractivity contribution in [3.8, 4) is 11.8 Å². The van der Waals surface area contributed by atoms with E-state index in [1.807, 2.05) is 18.2 Å². The van der Waals surface area contributed by atoms with E-state index >= 15 is 0 Å². The Balaban J connectivity index is 2.29. The number of ketones is 1. The van der Waals surface area contributed by atoms with Crippen LogP contribution in [0, 0.1) is 11.3 Å². The Bertz CT molecular complexity index is 597. The molecule has 2 aromatic rings. The Morgan fingerprint density at radius 2 is 1.74 bits per heavy atom. The minimum Gasteiger partial charge on any atom is -0.497 e. The van der Waals surface area contributed by atoms with Crippen LogP contribution in [0.4, 0.5) is 0 Å². The van der Waals surface area contributed by atoms with Crippen LogP contribution in [0.5, 0.6) is 5.75 Å². The molecule has 0 radical (unpaired) electrons. The molecule has 0 saturated heterocycles. The molecule has 0 aliphatic heterocycles. The van der Waals surface area contributed by atoms with Crippen LogP contribution >= 0.6 is 0 Å². The van der Waals surface area contributed by atoms with Crippen molar-refractivity contribution in [3.63, 3.8) is 0 Å². The molecule has 19 heavy (non-hydrogen) atoms. The van der Waals surface area contributed by atoms with Gasteiger partial charge in [0.05, 0.1) is 13.2 Å². The fraction of sp³-hybridized carbons (Fsp3) is 0.125. The van der Waals surface area contributed by atoms with Crippen LogP contribution in [0.15, 0.2) is 54.6 Å². The molecule has 2 rings (SSSR count).